The average Bonchev–Trinajstić information content (AvgIpc) is 3.06. The van der Waals surface area contributed by atoms with Gasteiger partial charge in [-0.1, -0.05) is 30.3 Å². The summed E-state index contributed by atoms with van der Waals surface area (Å²) < 4.78 is 69.7. The molecule has 2 heterocycles. The van der Waals surface area contributed by atoms with Crippen LogP contribution in [-0.4, -0.2) is 33.2 Å². The summed E-state index contributed by atoms with van der Waals surface area (Å²) in [6.07, 6.45) is 3.04. The Morgan fingerprint density at radius 2 is 1.69 bits per heavy atom. The van der Waals surface area contributed by atoms with Crippen LogP contribution in [0.2, 0.25) is 0 Å². The highest BCUT2D eigenvalue weighted by Crippen LogP contribution is 2.31. The Kier molecular flexibility index (Phi) is 6.63. The molecule has 0 amide bonds. The van der Waals surface area contributed by atoms with Gasteiger partial charge in [0.1, 0.15) is 12.4 Å². The number of aromatic nitrogens is 3. The molecular weight excluding hydrogens is 499 g/mol. The fourth-order valence-electron chi connectivity index (χ4n) is 3.54. The van der Waals surface area contributed by atoms with Gasteiger partial charge in [-0.3, -0.25) is 9.55 Å². The Morgan fingerprint density at radius 1 is 1.03 bits per heavy atom. The van der Waals surface area contributed by atoms with E-state index in [1.54, 1.807) is 6.07 Å². The van der Waals surface area contributed by atoms with Gasteiger partial charge >= 0.3 is 11.2 Å². The molecule has 4 rings (SSSR count). The smallest absolute Gasteiger partial charge is 0.493 e. The summed E-state index contributed by atoms with van der Waals surface area (Å²) in [4.78, 5) is 16.2. The summed E-state index contributed by atoms with van der Waals surface area (Å²) in [5.41, 5.74) is -4.41. The van der Waals surface area contributed by atoms with Crippen LogP contribution >= 0.6 is 0 Å². The molecule has 0 aliphatic heterocycles. The lowest BCUT2D eigenvalue weighted by molar-refractivity contribution is -0.0436. The number of rotatable bonds is 7. The Morgan fingerprint density at radius 3 is 2.33 bits per heavy atom. The largest absolute Gasteiger partial charge is 0.501 e. The molecule has 0 unspecified atom stereocenters. The molecule has 0 bridgehead atoms. The van der Waals surface area contributed by atoms with Crippen molar-refractivity contribution in [1.82, 2.24) is 14.1 Å². The number of benzene rings is 2. The number of ether oxygens (including phenoxy) is 1. The van der Waals surface area contributed by atoms with Crippen molar-refractivity contribution in [2.45, 2.75) is 30.5 Å². The van der Waals surface area contributed by atoms with Gasteiger partial charge in [-0.2, -0.15) is 13.2 Å². The lowest BCUT2D eigenvalue weighted by atomic mass is 10.2. The van der Waals surface area contributed by atoms with E-state index >= 15 is 0 Å². The number of sulfone groups is 1. The predicted molar refractivity (Wildman–Crippen MR) is 124 cm³/mol. The van der Waals surface area contributed by atoms with Gasteiger partial charge < -0.3 is 9.84 Å². The summed E-state index contributed by atoms with van der Waals surface area (Å²) in [5.74, 6) is -0.00570. The first-order chi connectivity index (χ1) is 17.0. The molecule has 1 N–H and O–H groups in total. The van der Waals surface area contributed by atoms with Crippen LogP contribution in [0, 0.1) is 6.92 Å². The standard InChI is InChI=1S/C24H20F3N3O5S/c1-16-22(31)30(19-7-9-20(10-8-19)36(33,34)24(25,26)27)23(32)29(16)14-18-11-12-28-13-21(18)35-15-17-5-3-2-4-6-17/h2-13,31H,14-15H2,1H3. The van der Waals surface area contributed by atoms with Crippen LogP contribution in [-0.2, 0) is 23.0 Å². The van der Waals surface area contributed by atoms with Gasteiger partial charge in [-0.25, -0.2) is 17.8 Å². The minimum absolute atomic E-state index is 0.00393. The predicted octanol–water partition coefficient (Wildman–Crippen LogP) is 3.97. The van der Waals surface area contributed by atoms with Crippen LogP contribution in [0.25, 0.3) is 5.69 Å². The first-order valence-electron chi connectivity index (χ1n) is 10.5. The topological polar surface area (TPSA) is 103 Å². The summed E-state index contributed by atoms with van der Waals surface area (Å²) in [7, 11) is -5.54. The van der Waals surface area contributed by atoms with Crippen molar-refractivity contribution in [2.75, 3.05) is 0 Å². The molecule has 12 heteroatoms. The van der Waals surface area contributed by atoms with Crippen molar-refractivity contribution in [3.05, 3.63) is 100 Å². The molecular formula is C24H20F3N3O5S. The zero-order valence-corrected chi connectivity index (χ0v) is 19.6. The first kappa shape index (κ1) is 25.0. The fourth-order valence-corrected chi connectivity index (χ4v) is 4.30. The number of pyridine rings is 1. The number of hydrogen-bond acceptors (Lipinski definition) is 6. The van der Waals surface area contributed by atoms with Crippen molar-refractivity contribution in [1.29, 1.82) is 0 Å². The zero-order valence-electron chi connectivity index (χ0n) is 18.8. The number of alkyl halides is 3. The molecule has 36 heavy (non-hydrogen) atoms. The molecule has 0 radical (unpaired) electrons. The highest BCUT2D eigenvalue weighted by atomic mass is 32.2. The number of hydrogen-bond donors (Lipinski definition) is 1. The first-order valence-corrected chi connectivity index (χ1v) is 12.0. The minimum Gasteiger partial charge on any atom is -0.493 e. The van der Waals surface area contributed by atoms with Gasteiger partial charge in [0.15, 0.2) is 0 Å². The van der Waals surface area contributed by atoms with Crippen molar-refractivity contribution < 1.29 is 31.4 Å². The monoisotopic (exact) mass is 519 g/mol. The van der Waals surface area contributed by atoms with E-state index in [1.165, 1.54) is 23.9 Å². The lowest BCUT2D eigenvalue weighted by Crippen LogP contribution is -2.25. The molecule has 8 nitrogen and oxygen atoms in total. The van der Waals surface area contributed by atoms with Crippen molar-refractivity contribution in [3.8, 4) is 17.3 Å². The third-order valence-corrected chi connectivity index (χ3v) is 7.01. The van der Waals surface area contributed by atoms with Gasteiger partial charge in [0.25, 0.3) is 9.84 Å². The fraction of sp³-hybridized carbons (Fsp3) is 0.167. The zero-order chi connectivity index (χ0) is 26.1. The molecule has 4 aromatic rings. The third kappa shape index (κ3) is 4.71. The van der Waals surface area contributed by atoms with Crippen LogP contribution in [0.15, 0.2) is 82.7 Å². The van der Waals surface area contributed by atoms with Gasteiger partial charge in [0, 0.05) is 11.8 Å². The summed E-state index contributed by atoms with van der Waals surface area (Å²) >= 11 is 0. The van der Waals surface area contributed by atoms with Crippen LogP contribution < -0.4 is 10.4 Å². The lowest BCUT2D eigenvalue weighted by Gasteiger charge is -2.12. The number of nitrogens with zero attached hydrogens (tertiary/aromatic N) is 3. The molecule has 0 fully saturated rings. The van der Waals surface area contributed by atoms with E-state index < -0.39 is 31.8 Å². The van der Waals surface area contributed by atoms with E-state index in [-0.39, 0.29) is 24.5 Å². The van der Waals surface area contributed by atoms with Crippen molar-refractivity contribution in [2.24, 2.45) is 0 Å². The van der Waals surface area contributed by atoms with E-state index in [4.69, 9.17) is 4.74 Å². The third-order valence-electron chi connectivity index (χ3n) is 5.51. The maximum absolute atomic E-state index is 13.2. The molecule has 0 saturated carbocycles. The highest BCUT2D eigenvalue weighted by Gasteiger charge is 2.46. The quantitative estimate of drug-likeness (QED) is 0.396. The number of imidazole rings is 1. The Labute approximate surface area is 203 Å². The van der Waals surface area contributed by atoms with Gasteiger partial charge in [0.05, 0.1) is 29.0 Å². The Hall–Kier alpha value is -4.06. The molecule has 0 aliphatic carbocycles. The summed E-state index contributed by atoms with van der Waals surface area (Å²) in [5, 5.41) is 10.6. The second-order valence-corrected chi connectivity index (χ2v) is 9.76. The number of aromatic hydroxyl groups is 1. The second kappa shape index (κ2) is 9.53. The summed E-state index contributed by atoms with van der Waals surface area (Å²) in [6.45, 7) is 1.78. The molecule has 0 spiro atoms. The average molecular weight is 520 g/mol. The Balaban J connectivity index is 1.64. The van der Waals surface area contributed by atoms with Crippen molar-refractivity contribution in [3.63, 3.8) is 0 Å². The number of halogens is 3. The van der Waals surface area contributed by atoms with E-state index in [0.29, 0.717) is 11.3 Å². The normalized spacial score (nSPS) is 12.0. The molecule has 2 aromatic heterocycles. The highest BCUT2D eigenvalue weighted by molar-refractivity contribution is 7.92. The molecule has 188 valence electrons. The van der Waals surface area contributed by atoms with Gasteiger partial charge in [0.2, 0.25) is 5.88 Å². The van der Waals surface area contributed by atoms with Crippen LogP contribution in [0.1, 0.15) is 16.8 Å². The van der Waals surface area contributed by atoms with E-state index in [0.717, 1.165) is 34.4 Å². The van der Waals surface area contributed by atoms with E-state index in [1.807, 2.05) is 30.3 Å². The molecule has 2 aromatic carbocycles. The van der Waals surface area contributed by atoms with Crippen LogP contribution in [0.5, 0.6) is 11.6 Å². The Bertz CT molecular complexity index is 1540. The van der Waals surface area contributed by atoms with E-state index in [2.05, 4.69) is 4.98 Å². The van der Waals surface area contributed by atoms with Crippen molar-refractivity contribution >= 4 is 9.84 Å². The maximum Gasteiger partial charge on any atom is 0.501 e. The summed E-state index contributed by atoms with van der Waals surface area (Å²) in [6, 6.07) is 14.6. The van der Waals surface area contributed by atoms with Gasteiger partial charge in [-0.15, -0.1) is 0 Å². The molecule has 0 saturated heterocycles. The molecule has 0 aliphatic rings. The molecule has 0 atom stereocenters. The second-order valence-electron chi connectivity index (χ2n) is 7.81. The maximum atomic E-state index is 13.2. The van der Waals surface area contributed by atoms with Crippen LogP contribution in [0.3, 0.4) is 0 Å². The van der Waals surface area contributed by atoms with Gasteiger partial charge in [-0.05, 0) is 42.8 Å². The SMILES string of the molecule is Cc1c(O)n(-c2ccc(S(=O)(=O)C(F)(F)F)cc2)c(=O)n1Cc1ccncc1OCc1ccccc1. The minimum atomic E-state index is -5.54. The van der Waals surface area contributed by atoms with E-state index in [9.17, 15) is 31.5 Å². The van der Waals surface area contributed by atoms with Crippen LogP contribution in [0.4, 0.5) is 13.2 Å².